The van der Waals surface area contributed by atoms with Crippen LogP contribution in [-0.4, -0.2) is 25.9 Å². The number of aromatic nitrogens is 4. The lowest BCUT2D eigenvalue weighted by molar-refractivity contribution is 1.01. The average molecular weight is 381 g/mol. The molecule has 0 aliphatic carbocycles. The Morgan fingerprint density at radius 3 is 2.88 bits per heavy atom. The molecule has 0 atom stereocenters. The van der Waals surface area contributed by atoms with Gasteiger partial charge in [0.15, 0.2) is 5.65 Å². The first-order chi connectivity index (χ1) is 11.7. The minimum atomic E-state index is 0.350. The third-order valence-corrected chi connectivity index (χ3v) is 4.18. The van der Waals surface area contributed by atoms with Gasteiger partial charge in [0.2, 0.25) is 0 Å². The fraction of sp³-hybridized carbons (Fsp3) is 0.0588. The van der Waals surface area contributed by atoms with E-state index in [1.54, 1.807) is 0 Å². The molecule has 0 amide bonds. The average Bonchev–Trinajstić information content (AvgIpc) is 2.97. The third-order valence-electron chi connectivity index (χ3n) is 3.69. The number of nitrogens with one attached hydrogen (secondary N) is 2. The van der Waals surface area contributed by atoms with Crippen molar-refractivity contribution >= 4 is 49.7 Å². The number of anilines is 1. The highest BCUT2D eigenvalue weighted by Gasteiger charge is 2.08. The number of hydrogen-bond donors (Lipinski definition) is 2. The molecule has 0 spiro atoms. The summed E-state index contributed by atoms with van der Waals surface area (Å²) in [6, 6.07) is 15.8. The van der Waals surface area contributed by atoms with E-state index in [-0.39, 0.29) is 0 Å². The first kappa shape index (κ1) is 14.8. The number of hydrazone groups is 1. The van der Waals surface area contributed by atoms with Crippen LogP contribution in [0.5, 0.6) is 0 Å². The van der Waals surface area contributed by atoms with Gasteiger partial charge in [0.1, 0.15) is 5.52 Å². The fourth-order valence-electron chi connectivity index (χ4n) is 2.48. The number of fused-ring (bicyclic) bond motifs is 3. The maximum atomic E-state index is 4.44. The molecular weight excluding hydrogens is 368 g/mol. The Morgan fingerprint density at radius 1 is 1.12 bits per heavy atom. The van der Waals surface area contributed by atoms with E-state index in [1.807, 2.05) is 55.5 Å². The second kappa shape index (κ2) is 6.01. The van der Waals surface area contributed by atoms with Crippen LogP contribution in [0.2, 0.25) is 0 Å². The van der Waals surface area contributed by atoms with Crippen molar-refractivity contribution in [1.82, 2.24) is 20.2 Å². The van der Waals surface area contributed by atoms with Crippen LogP contribution in [0.25, 0.3) is 22.1 Å². The second-order valence-corrected chi connectivity index (χ2v) is 6.24. The molecule has 0 aliphatic heterocycles. The Hall–Kier alpha value is -2.80. The Kier molecular flexibility index (Phi) is 3.70. The van der Waals surface area contributed by atoms with Gasteiger partial charge in [0.25, 0.3) is 5.95 Å². The van der Waals surface area contributed by atoms with E-state index in [9.17, 15) is 0 Å². The largest absolute Gasteiger partial charge is 0.338 e. The monoisotopic (exact) mass is 380 g/mol. The van der Waals surface area contributed by atoms with Gasteiger partial charge >= 0.3 is 0 Å². The molecule has 0 aliphatic rings. The predicted molar refractivity (Wildman–Crippen MR) is 99.2 cm³/mol. The zero-order valence-electron chi connectivity index (χ0n) is 12.8. The highest BCUT2D eigenvalue weighted by atomic mass is 79.9. The smallest absolute Gasteiger partial charge is 0.265 e. The summed E-state index contributed by atoms with van der Waals surface area (Å²) in [5, 5.41) is 13.7. The van der Waals surface area contributed by atoms with Crippen molar-refractivity contribution in [1.29, 1.82) is 0 Å². The van der Waals surface area contributed by atoms with Crippen molar-refractivity contribution in [2.45, 2.75) is 6.92 Å². The van der Waals surface area contributed by atoms with Crippen molar-refractivity contribution in [3.63, 3.8) is 0 Å². The van der Waals surface area contributed by atoms with Crippen molar-refractivity contribution < 1.29 is 0 Å². The molecule has 2 aromatic heterocycles. The van der Waals surface area contributed by atoms with Crippen molar-refractivity contribution in [2.75, 3.05) is 5.43 Å². The van der Waals surface area contributed by atoms with Gasteiger partial charge in [-0.05, 0) is 30.7 Å². The van der Waals surface area contributed by atoms with Gasteiger partial charge in [-0.25, -0.2) is 5.43 Å². The van der Waals surface area contributed by atoms with Gasteiger partial charge in [0.05, 0.1) is 5.71 Å². The second-order valence-electron chi connectivity index (χ2n) is 5.32. The lowest BCUT2D eigenvalue weighted by Crippen LogP contribution is -2.03. The van der Waals surface area contributed by atoms with Crippen LogP contribution in [0.15, 0.2) is 58.1 Å². The van der Waals surface area contributed by atoms with Crippen LogP contribution in [0, 0.1) is 0 Å². The standard InChI is InChI=1S/C17H13BrN6/c1-10(11-5-4-6-12(18)9-11)21-23-17-20-16-15(22-24-17)13-7-2-3-8-14(13)19-16/h2-9H,1H3,(H2,19,20,23,24)/b21-10-. The van der Waals surface area contributed by atoms with Crippen LogP contribution in [0.4, 0.5) is 5.95 Å². The van der Waals surface area contributed by atoms with E-state index in [0.29, 0.717) is 11.6 Å². The Morgan fingerprint density at radius 2 is 2.00 bits per heavy atom. The molecule has 0 bridgehead atoms. The van der Waals surface area contributed by atoms with Crippen molar-refractivity contribution in [2.24, 2.45) is 5.10 Å². The molecule has 4 rings (SSSR count). The number of benzene rings is 2. The minimum absolute atomic E-state index is 0.350. The van der Waals surface area contributed by atoms with Gasteiger partial charge in [-0.2, -0.15) is 10.1 Å². The number of hydrogen-bond acceptors (Lipinski definition) is 5. The van der Waals surface area contributed by atoms with Crippen LogP contribution in [0.3, 0.4) is 0 Å². The van der Waals surface area contributed by atoms with Gasteiger partial charge in [-0.1, -0.05) is 46.3 Å². The molecule has 2 N–H and O–H groups in total. The molecule has 2 heterocycles. The molecule has 118 valence electrons. The van der Waals surface area contributed by atoms with Crippen LogP contribution >= 0.6 is 15.9 Å². The number of H-pyrrole nitrogens is 1. The van der Waals surface area contributed by atoms with Gasteiger partial charge in [-0.15, -0.1) is 10.2 Å². The summed E-state index contributed by atoms with van der Waals surface area (Å²) in [6.45, 7) is 1.92. The number of nitrogens with zero attached hydrogens (tertiary/aromatic N) is 4. The summed E-state index contributed by atoms with van der Waals surface area (Å²) in [7, 11) is 0. The molecule has 2 aromatic carbocycles. The predicted octanol–water partition coefficient (Wildman–Crippen LogP) is 4.10. The van der Waals surface area contributed by atoms with Gasteiger partial charge < -0.3 is 4.98 Å². The van der Waals surface area contributed by atoms with E-state index < -0.39 is 0 Å². The molecule has 0 radical (unpaired) electrons. The lowest BCUT2D eigenvalue weighted by Gasteiger charge is -2.02. The maximum Gasteiger partial charge on any atom is 0.265 e. The summed E-state index contributed by atoms with van der Waals surface area (Å²) in [6.07, 6.45) is 0. The van der Waals surface area contributed by atoms with Crippen molar-refractivity contribution in [3.05, 3.63) is 58.6 Å². The zero-order valence-corrected chi connectivity index (χ0v) is 14.4. The molecule has 7 heteroatoms. The number of rotatable bonds is 3. The summed E-state index contributed by atoms with van der Waals surface area (Å²) >= 11 is 3.46. The van der Waals surface area contributed by atoms with Crippen molar-refractivity contribution in [3.8, 4) is 0 Å². The molecule has 6 nitrogen and oxygen atoms in total. The maximum absolute atomic E-state index is 4.44. The molecule has 0 saturated carbocycles. The highest BCUT2D eigenvalue weighted by molar-refractivity contribution is 9.10. The number of aromatic amines is 1. The zero-order chi connectivity index (χ0) is 16.5. The molecule has 24 heavy (non-hydrogen) atoms. The molecule has 0 unspecified atom stereocenters. The van der Waals surface area contributed by atoms with E-state index in [0.717, 1.165) is 32.2 Å². The first-order valence-electron chi connectivity index (χ1n) is 7.38. The van der Waals surface area contributed by atoms with E-state index in [2.05, 4.69) is 46.6 Å². The summed E-state index contributed by atoms with van der Waals surface area (Å²) in [5.41, 5.74) is 7.13. The van der Waals surface area contributed by atoms with Gasteiger partial charge in [-0.3, -0.25) is 0 Å². The Labute approximate surface area is 146 Å². The first-order valence-corrected chi connectivity index (χ1v) is 8.17. The third kappa shape index (κ3) is 2.74. The summed E-state index contributed by atoms with van der Waals surface area (Å²) in [5.74, 6) is 0.350. The SMILES string of the molecule is C/C(=N/Nc1nnc2c(n1)[nH]c1ccccc12)c1cccc(Br)c1. The van der Waals surface area contributed by atoms with E-state index >= 15 is 0 Å². The quantitative estimate of drug-likeness (QED) is 0.414. The lowest BCUT2D eigenvalue weighted by atomic mass is 10.1. The highest BCUT2D eigenvalue weighted by Crippen LogP contribution is 2.21. The van der Waals surface area contributed by atoms with Gasteiger partial charge in [0, 0.05) is 15.4 Å². The van der Waals surface area contributed by atoms with Crippen LogP contribution in [0.1, 0.15) is 12.5 Å². The number of para-hydroxylation sites is 1. The van der Waals surface area contributed by atoms with E-state index in [4.69, 9.17) is 0 Å². The molecule has 4 aromatic rings. The van der Waals surface area contributed by atoms with Crippen LogP contribution < -0.4 is 5.43 Å². The topological polar surface area (TPSA) is 78.8 Å². The normalized spacial score (nSPS) is 12.0. The Balaban J connectivity index is 1.65. The summed E-state index contributed by atoms with van der Waals surface area (Å²) in [4.78, 5) is 7.68. The molecular formula is C17H13BrN6. The summed E-state index contributed by atoms with van der Waals surface area (Å²) < 4.78 is 1.01. The number of halogens is 1. The molecule has 0 fully saturated rings. The minimum Gasteiger partial charge on any atom is -0.338 e. The van der Waals surface area contributed by atoms with E-state index in [1.165, 1.54) is 0 Å². The van der Waals surface area contributed by atoms with Crippen LogP contribution in [-0.2, 0) is 0 Å². The molecule has 0 saturated heterocycles. The fourth-order valence-corrected chi connectivity index (χ4v) is 2.88. The Bertz CT molecular complexity index is 1070.